The maximum absolute atomic E-state index is 3.46. The topological polar surface area (TPSA) is 15.3 Å². The van der Waals surface area contributed by atoms with Crippen LogP contribution in [0.2, 0.25) is 0 Å². The number of likely N-dealkylation sites (N-methyl/N-ethyl adjacent to an activating group) is 1. The molecule has 0 aliphatic carbocycles. The predicted molar refractivity (Wildman–Crippen MR) is 58.0 cm³/mol. The van der Waals surface area contributed by atoms with Crippen LogP contribution in [0.15, 0.2) is 0 Å². The molecule has 2 heteroatoms. The lowest BCUT2D eigenvalue weighted by atomic mass is 9.93. The lowest BCUT2D eigenvalue weighted by Gasteiger charge is -2.23. The van der Waals surface area contributed by atoms with Crippen molar-refractivity contribution < 1.29 is 0 Å². The molecule has 0 radical (unpaired) electrons. The van der Waals surface area contributed by atoms with E-state index in [1.807, 2.05) is 0 Å². The summed E-state index contributed by atoms with van der Waals surface area (Å²) in [4.78, 5) is 2.58. The largest absolute Gasteiger partial charge is 0.313 e. The van der Waals surface area contributed by atoms with Crippen LogP contribution in [0, 0.1) is 5.41 Å². The van der Waals surface area contributed by atoms with Crippen LogP contribution >= 0.6 is 0 Å². The van der Waals surface area contributed by atoms with Gasteiger partial charge in [-0.3, -0.25) is 0 Å². The molecule has 0 aromatic carbocycles. The Morgan fingerprint density at radius 1 is 1.46 bits per heavy atom. The molecule has 1 saturated heterocycles. The third-order valence-electron chi connectivity index (χ3n) is 2.84. The van der Waals surface area contributed by atoms with E-state index in [4.69, 9.17) is 0 Å². The SMILES string of the molecule is CCNC(C)CN1CCC(C)(C)C1. The van der Waals surface area contributed by atoms with E-state index in [9.17, 15) is 0 Å². The van der Waals surface area contributed by atoms with Crippen molar-refractivity contribution in [1.82, 2.24) is 10.2 Å². The maximum Gasteiger partial charge on any atom is 0.0166 e. The van der Waals surface area contributed by atoms with E-state index in [2.05, 4.69) is 37.9 Å². The molecule has 1 N–H and O–H groups in total. The molecule has 0 spiro atoms. The number of hydrogen-bond acceptors (Lipinski definition) is 2. The Morgan fingerprint density at radius 3 is 2.62 bits per heavy atom. The molecule has 2 nitrogen and oxygen atoms in total. The van der Waals surface area contributed by atoms with Gasteiger partial charge in [-0.15, -0.1) is 0 Å². The molecule has 0 saturated carbocycles. The molecule has 0 bridgehead atoms. The molecule has 1 fully saturated rings. The fourth-order valence-electron chi connectivity index (χ4n) is 2.18. The summed E-state index contributed by atoms with van der Waals surface area (Å²) in [5, 5.41) is 3.46. The van der Waals surface area contributed by atoms with Crippen molar-refractivity contribution in [3.05, 3.63) is 0 Å². The first-order valence-corrected chi connectivity index (χ1v) is 5.49. The second kappa shape index (κ2) is 4.43. The van der Waals surface area contributed by atoms with Crippen molar-refractivity contribution >= 4 is 0 Å². The Kier molecular flexibility index (Phi) is 3.74. The van der Waals surface area contributed by atoms with Gasteiger partial charge in [-0.25, -0.2) is 0 Å². The fourth-order valence-corrected chi connectivity index (χ4v) is 2.18. The molecule has 0 amide bonds. The first kappa shape index (κ1) is 11.0. The van der Waals surface area contributed by atoms with Crippen molar-refractivity contribution in [2.24, 2.45) is 5.41 Å². The standard InChI is InChI=1S/C11H24N2/c1-5-12-10(2)8-13-7-6-11(3,4)9-13/h10,12H,5-9H2,1-4H3. The second-order valence-corrected chi connectivity index (χ2v) is 5.11. The summed E-state index contributed by atoms with van der Waals surface area (Å²) in [7, 11) is 0. The number of nitrogens with one attached hydrogen (secondary N) is 1. The van der Waals surface area contributed by atoms with Crippen LogP contribution in [0.25, 0.3) is 0 Å². The van der Waals surface area contributed by atoms with Crippen LogP contribution in [0.1, 0.15) is 34.1 Å². The van der Waals surface area contributed by atoms with Gasteiger partial charge < -0.3 is 10.2 Å². The van der Waals surface area contributed by atoms with E-state index in [1.165, 1.54) is 26.1 Å². The molecule has 0 aromatic heterocycles. The predicted octanol–water partition coefficient (Wildman–Crippen LogP) is 1.72. The van der Waals surface area contributed by atoms with E-state index in [-0.39, 0.29) is 0 Å². The minimum Gasteiger partial charge on any atom is -0.313 e. The highest BCUT2D eigenvalue weighted by Crippen LogP contribution is 2.28. The highest BCUT2D eigenvalue weighted by molar-refractivity contribution is 4.83. The Hall–Kier alpha value is -0.0800. The molecule has 78 valence electrons. The average molecular weight is 184 g/mol. The fraction of sp³-hybridized carbons (Fsp3) is 1.00. The minimum absolute atomic E-state index is 0.548. The van der Waals surface area contributed by atoms with Gasteiger partial charge in [-0.2, -0.15) is 0 Å². The van der Waals surface area contributed by atoms with Crippen molar-refractivity contribution in [1.29, 1.82) is 0 Å². The Morgan fingerprint density at radius 2 is 2.15 bits per heavy atom. The van der Waals surface area contributed by atoms with Crippen LogP contribution in [0.4, 0.5) is 0 Å². The summed E-state index contributed by atoms with van der Waals surface area (Å²) in [6, 6.07) is 0.638. The van der Waals surface area contributed by atoms with Gasteiger partial charge in [-0.05, 0) is 31.8 Å². The normalized spacial score (nSPS) is 24.9. The molecule has 1 heterocycles. The molecular weight excluding hydrogens is 160 g/mol. The molecule has 0 aromatic rings. The lowest BCUT2D eigenvalue weighted by Crippen LogP contribution is -2.38. The van der Waals surface area contributed by atoms with Crippen molar-refractivity contribution in [2.45, 2.75) is 40.2 Å². The van der Waals surface area contributed by atoms with Crippen molar-refractivity contribution in [2.75, 3.05) is 26.2 Å². The maximum atomic E-state index is 3.46. The van der Waals surface area contributed by atoms with Gasteiger partial charge >= 0.3 is 0 Å². The van der Waals surface area contributed by atoms with Crippen LogP contribution < -0.4 is 5.32 Å². The minimum atomic E-state index is 0.548. The third kappa shape index (κ3) is 3.65. The summed E-state index contributed by atoms with van der Waals surface area (Å²) >= 11 is 0. The van der Waals surface area contributed by atoms with E-state index in [0.29, 0.717) is 11.5 Å². The Bertz CT molecular complexity index is 154. The van der Waals surface area contributed by atoms with Gasteiger partial charge in [0.1, 0.15) is 0 Å². The van der Waals surface area contributed by atoms with E-state index >= 15 is 0 Å². The molecule has 13 heavy (non-hydrogen) atoms. The quantitative estimate of drug-likeness (QED) is 0.715. The molecule has 1 aliphatic rings. The number of likely N-dealkylation sites (tertiary alicyclic amines) is 1. The Balaban J connectivity index is 2.24. The summed E-state index contributed by atoms with van der Waals surface area (Å²) in [5.74, 6) is 0. The van der Waals surface area contributed by atoms with E-state index in [1.54, 1.807) is 0 Å². The van der Waals surface area contributed by atoms with Gasteiger partial charge in [-0.1, -0.05) is 20.8 Å². The second-order valence-electron chi connectivity index (χ2n) is 5.11. The highest BCUT2D eigenvalue weighted by Gasteiger charge is 2.29. The number of hydrogen-bond donors (Lipinski definition) is 1. The molecule has 1 aliphatic heterocycles. The van der Waals surface area contributed by atoms with Crippen LogP contribution in [-0.4, -0.2) is 37.1 Å². The average Bonchev–Trinajstić information content (AvgIpc) is 2.30. The van der Waals surface area contributed by atoms with Crippen molar-refractivity contribution in [3.8, 4) is 0 Å². The number of rotatable bonds is 4. The first-order valence-electron chi connectivity index (χ1n) is 5.49. The monoisotopic (exact) mass is 184 g/mol. The van der Waals surface area contributed by atoms with Crippen LogP contribution in [0.3, 0.4) is 0 Å². The smallest absolute Gasteiger partial charge is 0.0166 e. The van der Waals surface area contributed by atoms with Crippen molar-refractivity contribution in [3.63, 3.8) is 0 Å². The zero-order valence-electron chi connectivity index (χ0n) is 9.56. The summed E-state index contributed by atoms with van der Waals surface area (Å²) in [5.41, 5.74) is 0.548. The molecule has 1 unspecified atom stereocenters. The van der Waals surface area contributed by atoms with E-state index in [0.717, 1.165) is 6.54 Å². The summed E-state index contributed by atoms with van der Waals surface area (Å²) in [6.07, 6.45) is 1.35. The van der Waals surface area contributed by atoms with Gasteiger partial charge in [0.25, 0.3) is 0 Å². The van der Waals surface area contributed by atoms with E-state index < -0.39 is 0 Å². The molecular formula is C11H24N2. The third-order valence-corrected chi connectivity index (χ3v) is 2.84. The van der Waals surface area contributed by atoms with Gasteiger partial charge in [0.05, 0.1) is 0 Å². The van der Waals surface area contributed by atoms with Crippen LogP contribution in [0.5, 0.6) is 0 Å². The zero-order chi connectivity index (χ0) is 9.90. The zero-order valence-corrected chi connectivity index (χ0v) is 9.56. The number of nitrogens with zero attached hydrogens (tertiary/aromatic N) is 1. The van der Waals surface area contributed by atoms with Gasteiger partial charge in [0.2, 0.25) is 0 Å². The molecule has 1 atom stereocenters. The Labute approximate surface area is 82.7 Å². The first-order chi connectivity index (χ1) is 6.03. The van der Waals surface area contributed by atoms with Crippen LogP contribution in [-0.2, 0) is 0 Å². The lowest BCUT2D eigenvalue weighted by molar-refractivity contribution is 0.267. The van der Waals surface area contributed by atoms with Gasteiger partial charge in [0.15, 0.2) is 0 Å². The van der Waals surface area contributed by atoms with Gasteiger partial charge in [0, 0.05) is 19.1 Å². The highest BCUT2D eigenvalue weighted by atomic mass is 15.2. The summed E-state index contributed by atoms with van der Waals surface area (Å²) < 4.78 is 0. The summed E-state index contributed by atoms with van der Waals surface area (Å²) in [6.45, 7) is 14.0. The molecule has 1 rings (SSSR count).